The molecule has 1 fully saturated rings. The van der Waals surface area contributed by atoms with Gasteiger partial charge >= 0.3 is 0 Å². The van der Waals surface area contributed by atoms with Crippen molar-refractivity contribution in [1.29, 1.82) is 0 Å². The average molecular weight is 431 g/mol. The molecule has 0 radical (unpaired) electrons. The molecule has 1 aliphatic heterocycles. The Balaban J connectivity index is 1.47. The van der Waals surface area contributed by atoms with E-state index in [9.17, 15) is 18.8 Å². The number of anilines is 3. The molecule has 32 heavy (non-hydrogen) atoms. The van der Waals surface area contributed by atoms with Gasteiger partial charge in [0.2, 0.25) is 11.8 Å². The Morgan fingerprint density at radius 2 is 1.56 bits per heavy atom. The summed E-state index contributed by atoms with van der Waals surface area (Å²) in [4.78, 5) is 39.6. The van der Waals surface area contributed by atoms with Crippen LogP contribution >= 0.6 is 0 Å². The van der Waals surface area contributed by atoms with Crippen molar-refractivity contribution >= 4 is 34.8 Å². The Hall–Kier alpha value is -4.00. The maximum absolute atomic E-state index is 13.2. The topological polar surface area (TPSA) is 78.5 Å². The third kappa shape index (κ3) is 4.51. The number of para-hydroxylation sites is 2. The fourth-order valence-electron chi connectivity index (χ4n) is 3.68. The molecule has 0 saturated carbocycles. The van der Waals surface area contributed by atoms with Gasteiger partial charge < -0.3 is 15.5 Å². The second kappa shape index (κ2) is 9.01. The highest BCUT2D eigenvalue weighted by Crippen LogP contribution is 2.27. The highest BCUT2D eigenvalue weighted by Gasteiger charge is 2.35. The predicted molar refractivity (Wildman–Crippen MR) is 121 cm³/mol. The Bertz CT molecular complexity index is 1180. The number of amides is 3. The smallest absolute Gasteiger partial charge is 0.257 e. The third-order valence-electron chi connectivity index (χ3n) is 5.46. The minimum absolute atomic E-state index is 0.0424. The van der Waals surface area contributed by atoms with Crippen molar-refractivity contribution in [3.63, 3.8) is 0 Å². The lowest BCUT2D eigenvalue weighted by atomic mass is 10.1. The van der Waals surface area contributed by atoms with Gasteiger partial charge in [-0.15, -0.1) is 0 Å². The molecule has 1 atom stereocenters. The normalized spacial score (nSPS) is 15.5. The summed E-state index contributed by atoms with van der Waals surface area (Å²) in [6.45, 7) is 2.08. The lowest BCUT2D eigenvalue weighted by molar-refractivity contribution is -0.122. The number of rotatable bonds is 5. The number of hydrogen-bond donors (Lipinski definition) is 2. The van der Waals surface area contributed by atoms with Gasteiger partial charge in [-0.3, -0.25) is 14.4 Å². The van der Waals surface area contributed by atoms with Crippen LogP contribution < -0.4 is 15.5 Å². The van der Waals surface area contributed by atoms with E-state index in [-0.39, 0.29) is 30.7 Å². The summed E-state index contributed by atoms with van der Waals surface area (Å²) in [5.74, 6) is -1.87. The van der Waals surface area contributed by atoms with Crippen LogP contribution in [-0.2, 0) is 9.59 Å². The SMILES string of the molecule is Cc1ccccc1NC(=O)c1ccccc1NC(=O)[C@@H]1CC(=O)N(c2ccc(F)cc2)C1. The van der Waals surface area contributed by atoms with Gasteiger partial charge in [0.15, 0.2) is 0 Å². The standard InChI is InChI=1S/C25H22FN3O3/c1-16-6-2-4-8-21(16)27-25(32)20-7-3-5-9-22(20)28-24(31)17-14-23(30)29(15-17)19-12-10-18(26)11-13-19/h2-13,17H,14-15H2,1H3,(H,27,32)(H,28,31)/t17-/m1/s1. The van der Waals surface area contributed by atoms with Gasteiger partial charge in [0.05, 0.1) is 17.2 Å². The molecule has 3 amide bonds. The van der Waals surface area contributed by atoms with Crippen molar-refractivity contribution < 1.29 is 18.8 Å². The van der Waals surface area contributed by atoms with E-state index in [2.05, 4.69) is 10.6 Å². The van der Waals surface area contributed by atoms with Crippen LogP contribution in [0.4, 0.5) is 21.5 Å². The molecular weight excluding hydrogens is 409 g/mol. The summed E-state index contributed by atoms with van der Waals surface area (Å²) >= 11 is 0. The Morgan fingerprint density at radius 1 is 0.906 bits per heavy atom. The summed E-state index contributed by atoms with van der Waals surface area (Å²) in [6.07, 6.45) is 0.0424. The Kier molecular flexibility index (Phi) is 5.98. The van der Waals surface area contributed by atoms with Crippen LogP contribution in [0.5, 0.6) is 0 Å². The number of carbonyl (C=O) groups is 3. The molecule has 6 nitrogen and oxygen atoms in total. The molecule has 0 aliphatic carbocycles. The van der Waals surface area contributed by atoms with E-state index in [1.165, 1.54) is 29.2 Å². The fraction of sp³-hybridized carbons (Fsp3) is 0.160. The van der Waals surface area contributed by atoms with Gasteiger partial charge in [-0.05, 0) is 55.0 Å². The van der Waals surface area contributed by atoms with Crippen molar-refractivity contribution in [2.75, 3.05) is 22.1 Å². The number of halogens is 1. The van der Waals surface area contributed by atoms with Crippen LogP contribution in [-0.4, -0.2) is 24.3 Å². The lowest BCUT2D eigenvalue weighted by Gasteiger charge is -2.17. The summed E-state index contributed by atoms with van der Waals surface area (Å²) < 4.78 is 13.2. The van der Waals surface area contributed by atoms with E-state index in [0.717, 1.165) is 5.56 Å². The average Bonchev–Trinajstić information content (AvgIpc) is 3.18. The molecule has 162 valence electrons. The monoisotopic (exact) mass is 431 g/mol. The van der Waals surface area contributed by atoms with Crippen LogP contribution in [0.15, 0.2) is 72.8 Å². The lowest BCUT2D eigenvalue weighted by Crippen LogP contribution is -2.28. The van der Waals surface area contributed by atoms with Crippen molar-refractivity contribution in [1.82, 2.24) is 0 Å². The maximum atomic E-state index is 13.2. The first-order valence-corrected chi connectivity index (χ1v) is 10.2. The summed E-state index contributed by atoms with van der Waals surface area (Å²) in [5, 5.41) is 5.66. The molecule has 2 N–H and O–H groups in total. The summed E-state index contributed by atoms with van der Waals surface area (Å²) in [7, 11) is 0. The minimum atomic E-state index is -0.583. The first-order chi connectivity index (χ1) is 15.4. The molecule has 1 heterocycles. The van der Waals surface area contributed by atoms with E-state index in [1.807, 2.05) is 31.2 Å². The quantitative estimate of drug-likeness (QED) is 0.629. The van der Waals surface area contributed by atoms with E-state index in [1.54, 1.807) is 24.3 Å². The van der Waals surface area contributed by atoms with Gasteiger partial charge in [0, 0.05) is 24.3 Å². The molecule has 0 unspecified atom stereocenters. The second-order valence-corrected chi connectivity index (χ2v) is 7.69. The minimum Gasteiger partial charge on any atom is -0.325 e. The molecule has 0 aromatic heterocycles. The molecule has 4 rings (SSSR count). The van der Waals surface area contributed by atoms with Crippen LogP contribution in [0, 0.1) is 18.7 Å². The number of nitrogens with zero attached hydrogens (tertiary/aromatic N) is 1. The van der Waals surface area contributed by atoms with E-state index >= 15 is 0 Å². The van der Waals surface area contributed by atoms with E-state index < -0.39 is 11.7 Å². The van der Waals surface area contributed by atoms with Gasteiger partial charge in [0.1, 0.15) is 5.82 Å². The second-order valence-electron chi connectivity index (χ2n) is 7.69. The predicted octanol–water partition coefficient (Wildman–Crippen LogP) is 4.38. The maximum Gasteiger partial charge on any atom is 0.257 e. The molecule has 1 saturated heterocycles. The van der Waals surface area contributed by atoms with Gasteiger partial charge in [-0.1, -0.05) is 30.3 Å². The molecule has 1 aliphatic rings. The molecule has 0 spiro atoms. The molecule has 0 bridgehead atoms. The zero-order chi connectivity index (χ0) is 22.7. The Labute approximate surface area is 185 Å². The van der Waals surface area contributed by atoms with Crippen molar-refractivity contribution in [3.8, 4) is 0 Å². The summed E-state index contributed by atoms with van der Waals surface area (Å²) in [5.41, 5.74) is 2.85. The third-order valence-corrected chi connectivity index (χ3v) is 5.46. The van der Waals surface area contributed by atoms with Crippen LogP contribution in [0.3, 0.4) is 0 Å². The molecule has 3 aromatic carbocycles. The number of nitrogens with one attached hydrogen (secondary N) is 2. The molecular formula is C25H22FN3O3. The van der Waals surface area contributed by atoms with Crippen LogP contribution in [0.2, 0.25) is 0 Å². The summed E-state index contributed by atoms with van der Waals surface area (Å²) in [6, 6.07) is 19.7. The van der Waals surface area contributed by atoms with Crippen molar-refractivity contribution in [2.45, 2.75) is 13.3 Å². The van der Waals surface area contributed by atoms with Crippen molar-refractivity contribution in [2.24, 2.45) is 5.92 Å². The number of benzene rings is 3. The fourth-order valence-corrected chi connectivity index (χ4v) is 3.68. The highest BCUT2D eigenvalue weighted by molar-refractivity contribution is 6.11. The van der Waals surface area contributed by atoms with Gasteiger partial charge in [-0.25, -0.2) is 4.39 Å². The zero-order valence-electron chi connectivity index (χ0n) is 17.5. The Morgan fingerprint density at radius 3 is 2.28 bits per heavy atom. The van der Waals surface area contributed by atoms with E-state index in [4.69, 9.17) is 0 Å². The number of carbonyl (C=O) groups excluding carboxylic acids is 3. The molecule has 7 heteroatoms. The van der Waals surface area contributed by atoms with Crippen molar-refractivity contribution in [3.05, 3.63) is 89.7 Å². The van der Waals surface area contributed by atoms with Crippen LogP contribution in [0.1, 0.15) is 22.3 Å². The number of hydrogen-bond acceptors (Lipinski definition) is 3. The van der Waals surface area contributed by atoms with Gasteiger partial charge in [-0.2, -0.15) is 0 Å². The number of aryl methyl sites for hydroxylation is 1. The van der Waals surface area contributed by atoms with Crippen LogP contribution in [0.25, 0.3) is 0 Å². The molecule has 3 aromatic rings. The van der Waals surface area contributed by atoms with E-state index in [0.29, 0.717) is 22.6 Å². The first-order valence-electron chi connectivity index (χ1n) is 10.2. The zero-order valence-corrected chi connectivity index (χ0v) is 17.5. The van der Waals surface area contributed by atoms with Gasteiger partial charge in [0.25, 0.3) is 5.91 Å². The highest BCUT2D eigenvalue weighted by atomic mass is 19.1. The first kappa shape index (κ1) is 21.2. The largest absolute Gasteiger partial charge is 0.325 e.